The number of rotatable bonds is 2. The first-order valence-electron chi connectivity index (χ1n) is 2.46. The van der Waals surface area contributed by atoms with Gasteiger partial charge in [-0.25, -0.2) is 4.98 Å². The molecule has 0 aliphatic rings. The second kappa shape index (κ2) is 2.41. The topological polar surface area (TPSA) is 69.1 Å². The molecule has 0 bridgehead atoms. The molecule has 1 aromatic heterocycles. The molecule has 1 heterocycles. The van der Waals surface area contributed by atoms with E-state index < -0.39 is 0 Å². The van der Waals surface area contributed by atoms with E-state index in [1.54, 1.807) is 0 Å². The number of nitrogens with zero attached hydrogens (tertiary/aromatic N) is 1. The molecule has 1 rings (SSSR count). The van der Waals surface area contributed by atoms with Gasteiger partial charge in [0.15, 0.2) is 6.29 Å². The van der Waals surface area contributed by atoms with Crippen molar-refractivity contribution in [3.05, 3.63) is 17.8 Å². The van der Waals surface area contributed by atoms with Gasteiger partial charge in [0.1, 0.15) is 12.0 Å². The number of hydrogen-bond acceptors (Lipinski definition) is 4. The van der Waals surface area contributed by atoms with Crippen molar-refractivity contribution in [3.8, 4) is 0 Å². The van der Waals surface area contributed by atoms with Gasteiger partial charge < -0.3 is 10.2 Å². The Morgan fingerprint density at radius 3 is 3.00 bits per heavy atom. The lowest BCUT2D eigenvalue weighted by atomic mass is 10.5. The first-order chi connectivity index (χ1) is 4.36. The molecule has 0 fully saturated rings. The summed E-state index contributed by atoms with van der Waals surface area (Å²) in [5, 5.41) is 0. The van der Waals surface area contributed by atoms with Crippen LogP contribution in [0.25, 0.3) is 0 Å². The summed E-state index contributed by atoms with van der Waals surface area (Å²) in [6, 6.07) is 0. The number of nitrogens with two attached hydrogens (primary N) is 1. The Morgan fingerprint density at radius 2 is 2.67 bits per heavy atom. The van der Waals surface area contributed by atoms with Crippen LogP contribution in [0.15, 0.2) is 10.7 Å². The summed E-state index contributed by atoms with van der Waals surface area (Å²) in [6.45, 7) is 0.230. The van der Waals surface area contributed by atoms with Gasteiger partial charge in [-0.05, 0) is 0 Å². The van der Waals surface area contributed by atoms with Crippen LogP contribution in [0.4, 0.5) is 0 Å². The van der Waals surface area contributed by atoms with Crippen LogP contribution < -0.4 is 5.73 Å². The van der Waals surface area contributed by atoms with Crippen molar-refractivity contribution in [2.45, 2.75) is 6.54 Å². The van der Waals surface area contributed by atoms with Gasteiger partial charge >= 0.3 is 0 Å². The Bertz CT molecular complexity index is 206. The van der Waals surface area contributed by atoms with E-state index in [0.29, 0.717) is 12.2 Å². The number of carbonyl (C=O) groups excluding carboxylic acids is 1. The highest BCUT2D eigenvalue weighted by atomic mass is 16.3. The maximum absolute atomic E-state index is 9.97. The number of aldehydes is 1. The minimum absolute atomic E-state index is 0.230. The summed E-state index contributed by atoms with van der Waals surface area (Å²) in [4.78, 5) is 13.7. The molecular formula is C5H6N2O2. The van der Waals surface area contributed by atoms with E-state index in [9.17, 15) is 4.79 Å². The Hall–Kier alpha value is -1.16. The average Bonchev–Trinajstić information content (AvgIpc) is 2.34. The Balaban J connectivity index is 2.86. The number of hydrogen-bond donors (Lipinski definition) is 1. The van der Waals surface area contributed by atoms with Gasteiger partial charge in [0, 0.05) is 0 Å². The van der Waals surface area contributed by atoms with Crippen LogP contribution in [-0.2, 0) is 6.54 Å². The van der Waals surface area contributed by atoms with Crippen LogP contribution in [0.2, 0.25) is 0 Å². The summed E-state index contributed by atoms with van der Waals surface area (Å²) in [6.07, 6.45) is 1.89. The fraction of sp³-hybridized carbons (Fsp3) is 0.200. The smallest absolute Gasteiger partial charge is 0.208 e. The molecule has 48 valence electrons. The van der Waals surface area contributed by atoms with Crippen molar-refractivity contribution in [1.82, 2.24) is 4.98 Å². The monoisotopic (exact) mass is 126 g/mol. The van der Waals surface area contributed by atoms with Gasteiger partial charge in [-0.2, -0.15) is 0 Å². The molecule has 4 nitrogen and oxygen atoms in total. The average molecular weight is 126 g/mol. The Kier molecular flexibility index (Phi) is 1.60. The highest BCUT2D eigenvalue weighted by molar-refractivity contribution is 5.70. The van der Waals surface area contributed by atoms with Crippen LogP contribution in [0.5, 0.6) is 0 Å². The Labute approximate surface area is 51.7 Å². The molecule has 0 aliphatic carbocycles. The van der Waals surface area contributed by atoms with E-state index >= 15 is 0 Å². The van der Waals surface area contributed by atoms with Gasteiger partial charge in [0.05, 0.1) is 6.54 Å². The molecule has 0 unspecified atom stereocenters. The molecule has 1 aromatic rings. The maximum Gasteiger partial charge on any atom is 0.208 e. The van der Waals surface area contributed by atoms with Crippen molar-refractivity contribution in [1.29, 1.82) is 0 Å². The van der Waals surface area contributed by atoms with Crippen molar-refractivity contribution in [2.24, 2.45) is 5.73 Å². The van der Waals surface area contributed by atoms with Gasteiger partial charge in [-0.15, -0.1) is 0 Å². The van der Waals surface area contributed by atoms with E-state index in [-0.39, 0.29) is 12.2 Å². The largest absolute Gasteiger partial charge is 0.447 e. The first-order valence-corrected chi connectivity index (χ1v) is 2.46. The second-order valence-corrected chi connectivity index (χ2v) is 1.49. The molecule has 2 N–H and O–H groups in total. The molecule has 0 saturated heterocycles. The standard InChI is InChI=1S/C5H6N2O2/c6-1-5-7-4(2-8)3-9-5/h2-3H,1,6H2. The molecule has 0 amide bonds. The molecule has 0 spiro atoms. The third-order valence-electron chi connectivity index (χ3n) is 0.865. The number of aromatic nitrogens is 1. The van der Waals surface area contributed by atoms with Crippen LogP contribution in [0.1, 0.15) is 16.4 Å². The predicted octanol–water partition coefficient (Wildman–Crippen LogP) is -0.0542. The van der Waals surface area contributed by atoms with Crippen molar-refractivity contribution >= 4 is 6.29 Å². The van der Waals surface area contributed by atoms with Gasteiger partial charge in [-0.3, -0.25) is 4.79 Å². The predicted molar refractivity (Wildman–Crippen MR) is 29.8 cm³/mol. The zero-order valence-electron chi connectivity index (χ0n) is 4.70. The normalized spacial score (nSPS) is 9.44. The molecule has 0 radical (unpaired) electrons. The lowest BCUT2D eigenvalue weighted by Gasteiger charge is -1.78. The minimum atomic E-state index is 0.230. The number of oxazole rings is 1. The lowest BCUT2D eigenvalue weighted by Crippen LogP contribution is -1.95. The van der Waals surface area contributed by atoms with E-state index in [2.05, 4.69) is 4.98 Å². The SMILES string of the molecule is NCc1nc(C=O)co1. The molecule has 0 aromatic carbocycles. The Morgan fingerprint density at radius 1 is 1.89 bits per heavy atom. The third-order valence-corrected chi connectivity index (χ3v) is 0.865. The molecular weight excluding hydrogens is 120 g/mol. The zero-order valence-corrected chi connectivity index (χ0v) is 4.70. The van der Waals surface area contributed by atoms with E-state index in [1.807, 2.05) is 0 Å². The lowest BCUT2D eigenvalue weighted by molar-refractivity contribution is 0.111. The maximum atomic E-state index is 9.97. The van der Waals surface area contributed by atoms with Crippen LogP contribution in [-0.4, -0.2) is 11.3 Å². The van der Waals surface area contributed by atoms with Crippen LogP contribution in [0.3, 0.4) is 0 Å². The second-order valence-electron chi connectivity index (χ2n) is 1.49. The highest BCUT2D eigenvalue weighted by Crippen LogP contribution is 1.96. The highest BCUT2D eigenvalue weighted by Gasteiger charge is 1.97. The third kappa shape index (κ3) is 1.14. The fourth-order valence-electron chi connectivity index (χ4n) is 0.473. The van der Waals surface area contributed by atoms with Gasteiger partial charge in [0.2, 0.25) is 5.89 Å². The quantitative estimate of drug-likeness (QED) is 0.564. The van der Waals surface area contributed by atoms with Crippen LogP contribution in [0, 0.1) is 0 Å². The van der Waals surface area contributed by atoms with E-state index in [0.717, 1.165) is 0 Å². The molecule has 9 heavy (non-hydrogen) atoms. The summed E-state index contributed by atoms with van der Waals surface area (Å²) in [7, 11) is 0. The first kappa shape index (κ1) is 5.97. The van der Waals surface area contributed by atoms with E-state index in [1.165, 1.54) is 6.26 Å². The summed E-state index contributed by atoms with van der Waals surface area (Å²) >= 11 is 0. The summed E-state index contributed by atoms with van der Waals surface area (Å²) in [5.41, 5.74) is 5.43. The fourth-order valence-corrected chi connectivity index (χ4v) is 0.473. The zero-order chi connectivity index (χ0) is 6.69. The van der Waals surface area contributed by atoms with Crippen molar-refractivity contribution < 1.29 is 9.21 Å². The van der Waals surface area contributed by atoms with E-state index in [4.69, 9.17) is 10.2 Å². The molecule has 0 aliphatic heterocycles. The minimum Gasteiger partial charge on any atom is -0.447 e. The number of carbonyl (C=O) groups is 1. The summed E-state index contributed by atoms with van der Waals surface area (Å²) in [5.74, 6) is 0.386. The van der Waals surface area contributed by atoms with Crippen LogP contribution >= 0.6 is 0 Å². The van der Waals surface area contributed by atoms with Crippen molar-refractivity contribution in [3.63, 3.8) is 0 Å². The van der Waals surface area contributed by atoms with Gasteiger partial charge in [-0.1, -0.05) is 0 Å². The van der Waals surface area contributed by atoms with Gasteiger partial charge in [0.25, 0.3) is 0 Å². The molecule has 0 atom stereocenters. The van der Waals surface area contributed by atoms with Crippen molar-refractivity contribution in [2.75, 3.05) is 0 Å². The molecule has 0 saturated carbocycles. The summed E-state index contributed by atoms with van der Waals surface area (Å²) < 4.78 is 4.74. The molecule has 4 heteroatoms.